The predicted octanol–water partition coefficient (Wildman–Crippen LogP) is 0.159. The first-order chi connectivity index (χ1) is 6.25. The van der Waals surface area contributed by atoms with Gasteiger partial charge in [0.25, 0.3) is 0 Å². The lowest BCUT2D eigenvalue weighted by Crippen LogP contribution is -2.16. The van der Waals surface area contributed by atoms with Crippen LogP contribution >= 0.6 is 7.82 Å². The van der Waals surface area contributed by atoms with Crippen LogP contribution in [0.4, 0.5) is 0 Å². The van der Waals surface area contributed by atoms with Crippen LogP contribution < -0.4 is 0 Å². The Balaban J connectivity index is 4.41. The Morgan fingerprint density at radius 2 is 1.07 bits per heavy atom. The Labute approximate surface area is 81.8 Å². The van der Waals surface area contributed by atoms with E-state index in [0.29, 0.717) is 0 Å². The molecule has 14 heavy (non-hydrogen) atoms. The molecular weight excluding hydrogens is 215 g/mol. The van der Waals surface area contributed by atoms with Crippen molar-refractivity contribution in [2.24, 2.45) is 0 Å². The molecule has 0 spiro atoms. The summed E-state index contributed by atoms with van der Waals surface area (Å²) in [5.41, 5.74) is 0. The van der Waals surface area contributed by atoms with Crippen molar-refractivity contribution >= 4 is 7.82 Å². The van der Waals surface area contributed by atoms with Gasteiger partial charge in [0.15, 0.2) is 18.9 Å². The van der Waals surface area contributed by atoms with E-state index in [4.69, 9.17) is 15.3 Å². The number of phosphoric ester groups is 1. The van der Waals surface area contributed by atoms with E-state index in [-0.39, 0.29) is 0 Å². The molecule has 0 saturated carbocycles. The van der Waals surface area contributed by atoms with Crippen LogP contribution in [0.15, 0.2) is 0 Å². The smallest absolute Gasteiger partial charge is 0.368 e. The molecule has 0 aliphatic heterocycles. The number of hydrogen-bond acceptors (Lipinski definition) is 7. The summed E-state index contributed by atoms with van der Waals surface area (Å²) in [4.78, 5) is 0. The highest BCUT2D eigenvalue weighted by Gasteiger charge is 2.32. The molecule has 7 nitrogen and oxygen atoms in total. The zero-order valence-corrected chi connectivity index (χ0v) is 9.05. The van der Waals surface area contributed by atoms with Gasteiger partial charge in [0.05, 0.1) is 0 Å². The number of aliphatic hydroxyl groups is 3. The SMILES string of the molecule is CC(O)OP(=O)(OC(C)O)OC(C)O. The van der Waals surface area contributed by atoms with Crippen LogP contribution in [0, 0.1) is 0 Å². The molecule has 3 atom stereocenters. The molecule has 8 heteroatoms. The highest BCUT2D eigenvalue weighted by molar-refractivity contribution is 7.48. The van der Waals surface area contributed by atoms with E-state index in [1.54, 1.807) is 0 Å². The first kappa shape index (κ1) is 14.0. The molecule has 0 aromatic rings. The van der Waals surface area contributed by atoms with E-state index in [9.17, 15) is 4.57 Å². The zero-order valence-electron chi connectivity index (χ0n) is 8.15. The molecule has 0 fully saturated rings. The summed E-state index contributed by atoms with van der Waals surface area (Å²) in [7, 11) is -4.14. The summed E-state index contributed by atoms with van der Waals surface area (Å²) in [6.45, 7) is 3.55. The molecule has 3 N–H and O–H groups in total. The second-order valence-electron chi connectivity index (χ2n) is 2.56. The number of aliphatic hydroxyl groups excluding tert-OH is 3. The molecule has 0 amide bonds. The Kier molecular flexibility index (Phi) is 5.77. The summed E-state index contributed by atoms with van der Waals surface area (Å²) in [5.74, 6) is 0. The maximum atomic E-state index is 11.5. The van der Waals surface area contributed by atoms with Gasteiger partial charge < -0.3 is 15.3 Å². The van der Waals surface area contributed by atoms with Crippen LogP contribution in [0.3, 0.4) is 0 Å². The maximum Gasteiger partial charge on any atom is 0.481 e. The summed E-state index contributed by atoms with van der Waals surface area (Å²) in [5, 5.41) is 26.4. The van der Waals surface area contributed by atoms with Gasteiger partial charge >= 0.3 is 7.82 Å². The second-order valence-corrected chi connectivity index (χ2v) is 4.09. The molecular formula is C6H15O7P. The Morgan fingerprint density at radius 1 is 0.857 bits per heavy atom. The van der Waals surface area contributed by atoms with Gasteiger partial charge in [0.1, 0.15) is 0 Å². The molecule has 0 aromatic heterocycles. The topological polar surface area (TPSA) is 105 Å². The lowest BCUT2D eigenvalue weighted by molar-refractivity contribution is -0.105. The van der Waals surface area contributed by atoms with Crippen molar-refractivity contribution in [1.82, 2.24) is 0 Å². The van der Waals surface area contributed by atoms with Crippen molar-refractivity contribution in [3.8, 4) is 0 Å². The molecule has 0 heterocycles. The van der Waals surface area contributed by atoms with Crippen molar-refractivity contribution in [2.45, 2.75) is 39.6 Å². The third-order valence-corrected chi connectivity index (χ3v) is 2.53. The predicted molar refractivity (Wildman–Crippen MR) is 45.9 cm³/mol. The average Bonchev–Trinajstić information content (AvgIpc) is 1.76. The van der Waals surface area contributed by atoms with E-state index in [1.807, 2.05) is 0 Å². The van der Waals surface area contributed by atoms with Crippen LogP contribution in [-0.2, 0) is 18.1 Å². The normalized spacial score (nSPS) is 22.4. The monoisotopic (exact) mass is 230 g/mol. The number of hydrogen-bond donors (Lipinski definition) is 3. The van der Waals surface area contributed by atoms with Gasteiger partial charge in [-0.3, -0.25) is 13.6 Å². The van der Waals surface area contributed by atoms with E-state index >= 15 is 0 Å². The Morgan fingerprint density at radius 3 is 1.21 bits per heavy atom. The van der Waals surface area contributed by atoms with Crippen molar-refractivity contribution in [2.75, 3.05) is 0 Å². The van der Waals surface area contributed by atoms with E-state index in [1.165, 1.54) is 20.8 Å². The van der Waals surface area contributed by atoms with Gasteiger partial charge in [-0.15, -0.1) is 0 Å². The third kappa shape index (κ3) is 6.44. The summed E-state index contributed by atoms with van der Waals surface area (Å²) >= 11 is 0. The molecule has 0 bridgehead atoms. The molecule has 0 aliphatic rings. The van der Waals surface area contributed by atoms with Crippen molar-refractivity contribution in [1.29, 1.82) is 0 Å². The standard InChI is InChI=1S/C6H15O7P/c1-4(7)11-14(10,12-5(2)8)13-6(3)9/h4-9H,1-3H3. The third-order valence-electron chi connectivity index (χ3n) is 0.845. The molecule has 0 saturated heterocycles. The fourth-order valence-corrected chi connectivity index (χ4v) is 1.91. The van der Waals surface area contributed by atoms with Gasteiger partial charge in [-0.1, -0.05) is 0 Å². The molecule has 0 aliphatic carbocycles. The van der Waals surface area contributed by atoms with Gasteiger partial charge in [-0.2, -0.15) is 0 Å². The van der Waals surface area contributed by atoms with Crippen molar-refractivity contribution < 1.29 is 33.5 Å². The lowest BCUT2D eigenvalue weighted by Gasteiger charge is -2.21. The zero-order chi connectivity index (χ0) is 11.4. The molecule has 0 aromatic carbocycles. The quantitative estimate of drug-likeness (QED) is 0.440. The van der Waals surface area contributed by atoms with Crippen molar-refractivity contribution in [3.63, 3.8) is 0 Å². The van der Waals surface area contributed by atoms with Gasteiger partial charge in [-0.05, 0) is 20.8 Å². The van der Waals surface area contributed by atoms with Gasteiger partial charge in [-0.25, -0.2) is 4.57 Å². The first-order valence-electron chi connectivity index (χ1n) is 3.94. The molecule has 0 rings (SSSR count). The molecule has 3 unspecified atom stereocenters. The molecule has 86 valence electrons. The minimum absolute atomic E-state index is 1.18. The lowest BCUT2D eigenvalue weighted by atomic mass is 10.8. The Bertz CT molecular complexity index is 169. The Hall–Kier alpha value is -0.0100. The van der Waals surface area contributed by atoms with Crippen LogP contribution in [-0.4, -0.2) is 34.2 Å². The summed E-state index contributed by atoms with van der Waals surface area (Å²) in [6.07, 6.45) is -4.21. The second kappa shape index (κ2) is 5.77. The van der Waals surface area contributed by atoms with Gasteiger partial charge in [0.2, 0.25) is 0 Å². The minimum atomic E-state index is -4.14. The van der Waals surface area contributed by atoms with Crippen LogP contribution in [0.5, 0.6) is 0 Å². The fraction of sp³-hybridized carbons (Fsp3) is 1.00. The molecule has 0 radical (unpaired) electrons. The van der Waals surface area contributed by atoms with E-state index < -0.39 is 26.7 Å². The number of phosphoric acid groups is 1. The van der Waals surface area contributed by atoms with E-state index in [2.05, 4.69) is 13.6 Å². The fourth-order valence-electron chi connectivity index (χ4n) is 0.635. The highest BCUT2D eigenvalue weighted by atomic mass is 31.2. The highest BCUT2D eigenvalue weighted by Crippen LogP contribution is 2.51. The maximum absolute atomic E-state index is 11.5. The average molecular weight is 230 g/mol. The van der Waals surface area contributed by atoms with Crippen LogP contribution in [0.1, 0.15) is 20.8 Å². The largest absolute Gasteiger partial charge is 0.481 e. The van der Waals surface area contributed by atoms with Crippen LogP contribution in [0.25, 0.3) is 0 Å². The van der Waals surface area contributed by atoms with Crippen LogP contribution in [0.2, 0.25) is 0 Å². The van der Waals surface area contributed by atoms with Gasteiger partial charge in [0, 0.05) is 0 Å². The van der Waals surface area contributed by atoms with E-state index in [0.717, 1.165) is 0 Å². The first-order valence-corrected chi connectivity index (χ1v) is 5.40. The number of rotatable bonds is 6. The summed E-state index contributed by atoms with van der Waals surface area (Å²) < 4.78 is 24.7. The minimum Gasteiger partial charge on any atom is -0.368 e. The van der Waals surface area contributed by atoms with Crippen molar-refractivity contribution in [3.05, 3.63) is 0 Å². The summed E-state index contributed by atoms with van der Waals surface area (Å²) in [6, 6.07) is 0.